The van der Waals surface area contributed by atoms with E-state index in [-0.39, 0.29) is 12.5 Å². The number of rotatable bonds is 47. The fourth-order valence-corrected chi connectivity index (χ4v) is 8.56. The number of unbranched alkanes of at least 4 members (excludes halogenated alkanes) is 27. The lowest BCUT2D eigenvalue weighted by atomic mass is 9.99. The molecule has 9 heteroatoms. The van der Waals surface area contributed by atoms with Crippen LogP contribution >= 0.6 is 0 Å². The van der Waals surface area contributed by atoms with Crippen LogP contribution < -0.4 is 5.32 Å². The van der Waals surface area contributed by atoms with E-state index in [1.54, 1.807) is 6.08 Å². The molecular weight excluding hydrogens is 851 g/mol. The van der Waals surface area contributed by atoms with Gasteiger partial charge in [-0.1, -0.05) is 228 Å². The second kappa shape index (κ2) is 48.3. The summed E-state index contributed by atoms with van der Waals surface area (Å²) < 4.78 is 11.2. The number of amides is 1. The number of hydrogen-bond acceptors (Lipinski definition) is 8. The molecule has 6 N–H and O–H groups in total. The summed E-state index contributed by atoms with van der Waals surface area (Å²) in [6.45, 7) is 3.64. The first-order valence-corrected chi connectivity index (χ1v) is 28.2. The second-order valence-electron chi connectivity index (χ2n) is 19.3. The van der Waals surface area contributed by atoms with Crippen molar-refractivity contribution < 1.29 is 39.8 Å². The molecule has 0 bridgehead atoms. The van der Waals surface area contributed by atoms with Crippen LogP contribution in [0.4, 0.5) is 0 Å². The van der Waals surface area contributed by atoms with Gasteiger partial charge in [-0.2, -0.15) is 0 Å². The van der Waals surface area contributed by atoms with Gasteiger partial charge in [0.05, 0.1) is 25.4 Å². The number of ether oxygens (including phenoxy) is 2. The van der Waals surface area contributed by atoms with Gasteiger partial charge in [-0.25, -0.2) is 0 Å². The third-order valence-corrected chi connectivity index (χ3v) is 13.0. The summed E-state index contributed by atoms with van der Waals surface area (Å²) in [5.74, 6) is -0.209. The molecule has 0 aliphatic carbocycles. The predicted molar refractivity (Wildman–Crippen MR) is 285 cm³/mol. The highest BCUT2D eigenvalue weighted by atomic mass is 16.7. The van der Waals surface area contributed by atoms with Crippen LogP contribution in [0.25, 0.3) is 0 Å². The van der Waals surface area contributed by atoms with E-state index in [0.29, 0.717) is 6.42 Å². The van der Waals surface area contributed by atoms with Crippen molar-refractivity contribution in [1.29, 1.82) is 0 Å². The molecule has 0 aromatic heterocycles. The van der Waals surface area contributed by atoms with Gasteiger partial charge in [-0.15, -0.1) is 0 Å². The van der Waals surface area contributed by atoms with Crippen LogP contribution in [0.3, 0.4) is 0 Å². The van der Waals surface area contributed by atoms with E-state index < -0.39 is 49.5 Å². The van der Waals surface area contributed by atoms with Crippen LogP contribution in [0.2, 0.25) is 0 Å². The summed E-state index contributed by atoms with van der Waals surface area (Å²) in [7, 11) is 0. The number of aliphatic hydroxyl groups excluding tert-OH is 5. The first kappa shape index (κ1) is 63.6. The molecule has 0 radical (unpaired) electrons. The van der Waals surface area contributed by atoms with E-state index in [2.05, 4.69) is 79.9 Å². The minimum atomic E-state index is -1.58. The Morgan fingerprint density at radius 3 is 1.41 bits per heavy atom. The smallest absolute Gasteiger partial charge is 0.220 e. The normalized spacial score (nSPS) is 20.1. The molecule has 0 saturated carbocycles. The van der Waals surface area contributed by atoms with Crippen molar-refractivity contribution in [3.8, 4) is 0 Å². The Labute approximate surface area is 417 Å². The van der Waals surface area contributed by atoms with E-state index in [1.165, 1.54) is 135 Å². The topological polar surface area (TPSA) is 149 Å². The molecule has 1 aliphatic rings. The van der Waals surface area contributed by atoms with Crippen LogP contribution in [0.15, 0.2) is 72.9 Å². The molecule has 7 unspecified atom stereocenters. The number of carbonyl (C=O) groups is 1. The Bertz CT molecular complexity index is 1290. The zero-order valence-corrected chi connectivity index (χ0v) is 43.6. The lowest BCUT2D eigenvalue weighted by molar-refractivity contribution is -0.302. The van der Waals surface area contributed by atoms with Crippen molar-refractivity contribution >= 4 is 5.91 Å². The summed E-state index contributed by atoms with van der Waals surface area (Å²) >= 11 is 0. The summed E-state index contributed by atoms with van der Waals surface area (Å²) in [5.41, 5.74) is 0. The van der Waals surface area contributed by atoms with Crippen LogP contribution in [0, 0.1) is 0 Å². The molecule has 1 amide bonds. The van der Waals surface area contributed by atoms with Crippen molar-refractivity contribution in [2.45, 2.75) is 281 Å². The van der Waals surface area contributed by atoms with Crippen LogP contribution in [-0.2, 0) is 14.3 Å². The van der Waals surface area contributed by atoms with Gasteiger partial charge in [0.15, 0.2) is 6.29 Å². The zero-order valence-electron chi connectivity index (χ0n) is 43.6. The van der Waals surface area contributed by atoms with Gasteiger partial charge in [0.1, 0.15) is 24.4 Å². The number of nitrogens with one attached hydrogen (secondary N) is 1. The number of hydrogen-bond donors (Lipinski definition) is 6. The minimum Gasteiger partial charge on any atom is -0.394 e. The largest absolute Gasteiger partial charge is 0.394 e. The van der Waals surface area contributed by atoms with E-state index >= 15 is 0 Å². The molecule has 394 valence electrons. The van der Waals surface area contributed by atoms with Crippen LogP contribution in [-0.4, -0.2) is 87.5 Å². The van der Waals surface area contributed by atoms with Gasteiger partial charge < -0.3 is 40.3 Å². The number of allylic oxidation sites excluding steroid dienone is 11. The molecule has 0 aromatic carbocycles. The highest BCUT2D eigenvalue weighted by molar-refractivity contribution is 5.76. The van der Waals surface area contributed by atoms with Gasteiger partial charge in [0.25, 0.3) is 0 Å². The fraction of sp³-hybridized carbons (Fsp3) is 0.780. The molecule has 1 saturated heterocycles. The molecule has 9 nitrogen and oxygen atoms in total. The maximum absolute atomic E-state index is 13.0. The molecule has 1 rings (SSSR count). The fourth-order valence-electron chi connectivity index (χ4n) is 8.56. The lowest BCUT2D eigenvalue weighted by Crippen LogP contribution is -2.60. The Kier molecular flexibility index (Phi) is 45.2. The monoisotopic (exact) mass is 956 g/mol. The average Bonchev–Trinajstić information content (AvgIpc) is 3.34. The third-order valence-electron chi connectivity index (χ3n) is 13.0. The van der Waals surface area contributed by atoms with Crippen molar-refractivity contribution in [3.05, 3.63) is 72.9 Å². The molecule has 1 fully saturated rings. The van der Waals surface area contributed by atoms with E-state index in [9.17, 15) is 30.3 Å². The standard InChI is InChI=1S/C59H105NO8/c1-3-5-7-9-11-13-15-17-19-20-21-22-23-24-25-26-27-28-29-30-31-32-33-35-36-38-40-42-44-46-48-53(62)52(51-67-59-58(66)57(65)56(64)54(50-61)68-59)60-55(63)49-47-45-43-41-39-37-34-18-16-14-12-10-8-6-4-2/h6,8,12,14,18,32-34,38,40,46,48,52-54,56-59,61-62,64-66H,3-5,7,9-11,13,15-17,19-31,35-37,39,41-45,47,49-51H2,1-2H3,(H,60,63)/b8-6-,14-12-,33-32+,34-18-,40-38+,48-46+. The molecule has 0 spiro atoms. The third kappa shape index (κ3) is 37.5. The Hall–Kier alpha value is -2.37. The summed E-state index contributed by atoms with van der Waals surface area (Å²) in [6.07, 6.45) is 59.8. The quantitative estimate of drug-likeness (QED) is 0.0261. The summed E-state index contributed by atoms with van der Waals surface area (Å²) in [4.78, 5) is 13.0. The Morgan fingerprint density at radius 2 is 0.926 bits per heavy atom. The first-order chi connectivity index (χ1) is 33.3. The van der Waals surface area contributed by atoms with Gasteiger partial charge in [0, 0.05) is 6.42 Å². The lowest BCUT2D eigenvalue weighted by Gasteiger charge is -2.40. The average molecular weight is 956 g/mol. The first-order valence-electron chi connectivity index (χ1n) is 28.2. The second-order valence-corrected chi connectivity index (χ2v) is 19.3. The van der Waals surface area contributed by atoms with Gasteiger partial charge >= 0.3 is 0 Å². The highest BCUT2D eigenvalue weighted by Gasteiger charge is 2.44. The zero-order chi connectivity index (χ0) is 49.4. The van der Waals surface area contributed by atoms with Crippen LogP contribution in [0.1, 0.15) is 239 Å². The maximum Gasteiger partial charge on any atom is 0.220 e. The number of aliphatic hydroxyl groups is 5. The SMILES string of the molecule is CC/C=C\C/C=C\C/C=C\CCCCCCCC(=O)NC(COC1OC(CO)C(O)C(O)C1O)C(O)/C=C/CC/C=C/CC/C=C/CCCCCCCCCCCCCCCCCCCCCC. The van der Waals surface area contributed by atoms with E-state index in [1.807, 2.05) is 6.08 Å². The number of carbonyl (C=O) groups excluding carboxylic acids is 1. The molecule has 7 atom stereocenters. The highest BCUT2D eigenvalue weighted by Crippen LogP contribution is 2.23. The van der Waals surface area contributed by atoms with Crippen molar-refractivity contribution in [2.75, 3.05) is 13.2 Å². The van der Waals surface area contributed by atoms with Crippen LogP contribution in [0.5, 0.6) is 0 Å². The van der Waals surface area contributed by atoms with Gasteiger partial charge in [0.2, 0.25) is 5.91 Å². The van der Waals surface area contributed by atoms with Crippen molar-refractivity contribution in [2.24, 2.45) is 0 Å². The molecule has 68 heavy (non-hydrogen) atoms. The molecule has 1 heterocycles. The Morgan fingerprint density at radius 1 is 0.515 bits per heavy atom. The summed E-state index contributed by atoms with van der Waals surface area (Å²) in [5, 5.41) is 54.4. The summed E-state index contributed by atoms with van der Waals surface area (Å²) in [6, 6.07) is -0.841. The van der Waals surface area contributed by atoms with E-state index in [0.717, 1.165) is 83.5 Å². The molecule has 0 aromatic rings. The van der Waals surface area contributed by atoms with Crippen molar-refractivity contribution in [3.63, 3.8) is 0 Å². The predicted octanol–water partition coefficient (Wildman–Crippen LogP) is 13.7. The minimum absolute atomic E-state index is 0.209. The molecular formula is C59H105NO8. The Balaban J connectivity index is 2.24. The van der Waals surface area contributed by atoms with Crippen molar-refractivity contribution in [1.82, 2.24) is 5.32 Å². The molecule has 1 aliphatic heterocycles. The van der Waals surface area contributed by atoms with E-state index in [4.69, 9.17) is 9.47 Å². The maximum atomic E-state index is 13.0. The van der Waals surface area contributed by atoms with Gasteiger partial charge in [-0.05, 0) is 77.0 Å². The van der Waals surface area contributed by atoms with Gasteiger partial charge in [-0.3, -0.25) is 4.79 Å².